The largest absolute Gasteiger partial charge is 0.416 e. The van der Waals surface area contributed by atoms with Crippen molar-refractivity contribution in [1.82, 2.24) is 9.97 Å². The Bertz CT molecular complexity index is 857. The smallest absolute Gasteiger partial charge is 0.344 e. The molecule has 2 aromatic heterocycles. The van der Waals surface area contributed by atoms with Crippen molar-refractivity contribution in [3.05, 3.63) is 54.4 Å². The highest BCUT2D eigenvalue weighted by Crippen LogP contribution is 2.30. The summed E-state index contributed by atoms with van der Waals surface area (Å²) in [6.07, 6.45) is -1.30. The van der Waals surface area contributed by atoms with E-state index >= 15 is 0 Å². The predicted octanol–water partition coefficient (Wildman–Crippen LogP) is 4.23. The lowest BCUT2D eigenvalue weighted by atomic mass is 10.2. The van der Waals surface area contributed by atoms with Crippen molar-refractivity contribution in [3.63, 3.8) is 0 Å². The Hall–Kier alpha value is -3.03. The Morgan fingerprint density at radius 2 is 1.96 bits per heavy atom. The van der Waals surface area contributed by atoms with Crippen LogP contribution in [0.25, 0.3) is 11.0 Å². The van der Waals surface area contributed by atoms with E-state index in [9.17, 15) is 18.0 Å². The molecule has 23 heavy (non-hydrogen) atoms. The molecule has 5 nitrogen and oxygen atoms in total. The average Bonchev–Trinajstić information content (AvgIpc) is 2.90. The molecular weight excluding hydrogens is 309 g/mol. The molecule has 118 valence electrons. The van der Waals surface area contributed by atoms with Gasteiger partial charge >= 0.3 is 12.2 Å². The lowest BCUT2D eigenvalue weighted by Gasteiger charge is -2.10. The highest BCUT2D eigenvalue weighted by molar-refractivity contribution is 6.05. The van der Waals surface area contributed by atoms with Crippen LogP contribution in [-0.4, -0.2) is 16.0 Å². The summed E-state index contributed by atoms with van der Waals surface area (Å²) < 4.78 is 37.9. The van der Waals surface area contributed by atoms with Crippen molar-refractivity contribution in [3.8, 4) is 0 Å². The van der Waals surface area contributed by atoms with E-state index in [0.29, 0.717) is 16.7 Å². The maximum absolute atomic E-state index is 12.6. The first-order chi connectivity index (χ1) is 10.9. The molecule has 0 aliphatic heterocycles. The highest BCUT2D eigenvalue weighted by atomic mass is 19.4. The lowest BCUT2D eigenvalue weighted by Crippen LogP contribution is -2.19. The summed E-state index contributed by atoms with van der Waals surface area (Å²) >= 11 is 0. The molecule has 1 aromatic carbocycles. The van der Waals surface area contributed by atoms with Crippen LogP contribution in [0, 0.1) is 0 Å². The van der Waals surface area contributed by atoms with Crippen LogP contribution < -0.4 is 10.6 Å². The predicted molar refractivity (Wildman–Crippen MR) is 80.2 cm³/mol. The second-order valence-electron chi connectivity index (χ2n) is 4.76. The van der Waals surface area contributed by atoms with Crippen LogP contribution in [0.5, 0.6) is 0 Å². The van der Waals surface area contributed by atoms with Gasteiger partial charge in [0.15, 0.2) is 0 Å². The van der Waals surface area contributed by atoms with Crippen molar-refractivity contribution in [1.29, 1.82) is 0 Å². The molecule has 0 aliphatic carbocycles. The van der Waals surface area contributed by atoms with Crippen LogP contribution in [0.4, 0.5) is 29.3 Å². The van der Waals surface area contributed by atoms with Gasteiger partial charge in [0.2, 0.25) is 0 Å². The summed E-state index contributed by atoms with van der Waals surface area (Å²) in [5, 5.41) is 5.64. The lowest BCUT2D eigenvalue weighted by molar-refractivity contribution is -0.137. The van der Waals surface area contributed by atoms with Crippen LogP contribution in [0.15, 0.2) is 48.8 Å². The van der Waals surface area contributed by atoms with Gasteiger partial charge in [0.1, 0.15) is 5.65 Å². The monoisotopic (exact) mass is 320 g/mol. The van der Waals surface area contributed by atoms with Crippen LogP contribution in [-0.2, 0) is 6.18 Å². The fourth-order valence-corrected chi connectivity index (χ4v) is 2.12. The number of H-pyrrole nitrogens is 1. The number of hydrogen-bond acceptors (Lipinski definition) is 2. The van der Waals surface area contributed by atoms with Gasteiger partial charge in [-0.15, -0.1) is 0 Å². The first-order valence-electron chi connectivity index (χ1n) is 6.61. The summed E-state index contributed by atoms with van der Waals surface area (Å²) in [6.45, 7) is 0. The standard InChI is InChI=1S/C15H11F3N4O/c16-15(17,18)9-3-1-4-10(7-9)21-14(23)22-12-8-20-13-11(12)5-2-6-19-13/h1-8H,(H,19,20)(H2,21,22,23). The third-order valence-corrected chi connectivity index (χ3v) is 3.15. The van der Waals surface area contributed by atoms with Crippen molar-refractivity contribution in [2.75, 3.05) is 10.6 Å². The number of rotatable bonds is 2. The number of urea groups is 1. The Labute approximate surface area is 128 Å². The molecule has 0 fully saturated rings. The number of fused-ring (bicyclic) bond motifs is 1. The number of amides is 2. The van der Waals surface area contributed by atoms with Gasteiger partial charge < -0.3 is 15.6 Å². The molecule has 2 amide bonds. The van der Waals surface area contributed by atoms with Crippen LogP contribution in [0.3, 0.4) is 0 Å². The van der Waals surface area contributed by atoms with Gasteiger partial charge in [0.25, 0.3) is 0 Å². The normalized spacial score (nSPS) is 11.4. The maximum atomic E-state index is 12.6. The first kappa shape index (κ1) is 14.9. The molecule has 3 N–H and O–H groups in total. The second-order valence-corrected chi connectivity index (χ2v) is 4.76. The Morgan fingerprint density at radius 3 is 2.74 bits per heavy atom. The zero-order valence-corrected chi connectivity index (χ0v) is 11.6. The van der Waals surface area contributed by atoms with Crippen molar-refractivity contribution >= 4 is 28.4 Å². The van der Waals surface area contributed by atoms with E-state index in [2.05, 4.69) is 20.6 Å². The minimum absolute atomic E-state index is 0.0512. The highest BCUT2D eigenvalue weighted by Gasteiger charge is 2.30. The Kier molecular flexibility index (Phi) is 3.65. The number of nitrogens with one attached hydrogen (secondary N) is 3. The molecule has 3 rings (SSSR count). The zero-order chi connectivity index (χ0) is 16.4. The van der Waals surface area contributed by atoms with E-state index in [-0.39, 0.29) is 5.69 Å². The van der Waals surface area contributed by atoms with Gasteiger partial charge in [-0.25, -0.2) is 9.78 Å². The van der Waals surface area contributed by atoms with Gasteiger partial charge in [-0.05, 0) is 30.3 Å². The minimum atomic E-state index is -4.46. The second kappa shape index (κ2) is 5.64. The molecule has 0 unspecified atom stereocenters. The van der Waals surface area contributed by atoms with E-state index in [1.807, 2.05) is 0 Å². The quantitative estimate of drug-likeness (QED) is 0.661. The maximum Gasteiger partial charge on any atom is 0.416 e. The Morgan fingerprint density at radius 1 is 1.13 bits per heavy atom. The van der Waals surface area contributed by atoms with Gasteiger partial charge in [-0.3, -0.25) is 0 Å². The summed E-state index contributed by atoms with van der Waals surface area (Å²) in [5.41, 5.74) is 0.307. The van der Waals surface area contributed by atoms with Crippen LogP contribution in [0.2, 0.25) is 0 Å². The number of benzene rings is 1. The number of aromatic nitrogens is 2. The Balaban J connectivity index is 1.75. The average molecular weight is 320 g/mol. The molecule has 2 heterocycles. The number of nitrogens with zero attached hydrogens (tertiary/aromatic N) is 1. The molecule has 0 atom stereocenters. The van der Waals surface area contributed by atoms with Crippen LogP contribution in [0.1, 0.15) is 5.56 Å². The summed E-state index contributed by atoms with van der Waals surface area (Å²) in [6, 6.07) is 7.25. The summed E-state index contributed by atoms with van der Waals surface area (Å²) in [5.74, 6) is 0. The van der Waals surface area contributed by atoms with Gasteiger partial charge in [-0.2, -0.15) is 13.2 Å². The third-order valence-electron chi connectivity index (χ3n) is 3.15. The van der Waals surface area contributed by atoms with E-state index in [4.69, 9.17) is 0 Å². The zero-order valence-electron chi connectivity index (χ0n) is 11.6. The molecule has 0 saturated carbocycles. The topological polar surface area (TPSA) is 69.8 Å². The molecule has 0 saturated heterocycles. The van der Waals surface area contributed by atoms with E-state index in [0.717, 1.165) is 12.1 Å². The molecule has 0 spiro atoms. The summed E-state index contributed by atoms with van der Waals surface area (Å²) in [4.78, 5) is 18.9. The number of carbonyl (C=O) groups is 1. The molecule has 0 bridgehead atoms. The number of pyridine rings is 1. The van der Waals surface area contributed by atoms with Crippen LogP contribution >= 0.6 is 0 Å². The van der Waals surface area contributed by atoms with Gasteiger partial charge in [0, 0.05) is 23.5 Å². The summed E-state index contributed by atoms with van der Waals surface area (Å²) in [7, 11) is 0. The van der Waals surface area contributed by atoms with Gasteiger partial charge in [-0.1, -0.05) is 6.07 Å². The number of halogens is 3. The van der Waals surface area contributed by atoms with Crippen molar-refractivity contribution in [2.24, 2.45) is 0 Å². The van der Waals surface area contributed by atoms with Crippen molar-refractivity contribution in [2.45, 2.75) is 6.18 Å². The van der Waals surface area contributed by atoms with Crippen molar-refractivity contribution < 1.29 is 18.0 Å². The number of alkyl halides is 3. The number of carbonyl (C=O) groups excluding carboxylic acids is 1. The molecule has 8 heteroatoms. The molecule has 0 radical (unpaired) electrons. The fourth-order valence-electron chi connectivity index (χ4n) is 2.12. The molecule has 3 aromatic rings. The van der Waals surface area contributed by atoms with Gasteiger partial charge in [0.05, 0.1) is 11.3 Å². The number of aromatic amines is 1. The van der Waals surface area contributed by atoms with E-state index < -0.39 is 17.8 Å². The van der Waals surface area contributed by atoms with E-state index in [1.165, 1.54) is 12.1 Å². The molecular formula is C15H11F3N4O. The number of anilines is 2. The number of hydrogen-bond donors (Lipinski definition) is 3. The SMILES string of the molecule is O=C(Nc1cccc(C(F)(F)F)c1)Nc1c[nH]c2ncccc12. The fraction of sp³-hybridized carbons (Fsp3) is 0.0667. The third kappa shape index (κ3) is 3.25. The van der Waals surface area contributed by atoms with E-state index in [1.54, 1.807) is 24.5 Å². The minimum Gasteiger partial charge on any atom is -0.344 e. The molecule has 0 aliphatic rings. The first-order valence-corrected chi connectivity index (χ1v) is 6.61.